The van der Waals surface area contributed by atoms with E-state index in [0.29, 0.717) is 12.8 Å². The highest BCUT2D eigenvalue weighted by atomic mass is 35.5. The highest BCUT2D eigenvalue weighted by Crippen LogP contribution is 2.38. The number of nitrogens with one attached hydrogen (secondary N) is 1. The number of phenolic OH excluding ortho intramolecular Hbond substituents is 1. The van der Waals surface area contributed by atoms with Crippen LogP contribution in [0.5, 0.6) is 5.75 Å². The summed E-state index contributed by atoms with van der Waals surface area (Å²) in [6.07, 6.45) is 1.32. The minimum absolute atomic E-state index is 0.00597. The standard InChI is InChI=1S/C19H20ClNO3/c20-16-8-12(6-7-17(16)23)9-18(24)21-19(14-10-15(22)11-14)13-4-2-1-3-5-13/h1-8,14-15,19,22-23H,9-11H2,(H,21,24). The molecule has 3 rings (SSSR count). The Hall–Kier alpha value is -2.04. The summed E-state index contributed by atoms with van der Waals surface area (Å²) in [4.78, 5) is 12.4. The molecule has 0 heterocycles. The van der Waals surface area contributed by atoms with Gasteiger partial charge in [0.1, 0.15) is 5.75 Å². The van der Waals surface area contributed by atoms with Gasteiger partial charge in [0.05, 0.1) is 23.6 Å². The van der Waals surface area contributed by atoms with Gasteiger partial charge >= 0.3 is 0 Å². The number of hydrogen-bond acceptors (Lipinski definition) is 3. The first-order valence-electron chi connectivity index (χ1n) is 8.02. The number of halogens is 1. The molecule has 1 unspecified atom stereocenters. The Labute approximate surface area is 146 Å². The van der Waals surface area contributed by atoms with Gasteiger partial charge in [-0.25, -0.2) is 0 Å². The average molecular weight is 346 g/mol. The van der Waals surface area contributed by atoms with Crippen molar-refractivity contribution in [3.8, 4) is 5.75 Å². The number of aliphatic hydroxyl groups excluding tert-OH is 1. The number of benzene rings is 2. The summed E-state index contributed by atoms with van der Waals surface area (Å²) in [7, 11) is 0. The van der Waals surface area contributed by atoms with Crippen LogP contribution in [0.15, 0.2) is 48.5 Å². The van der Waals surface area contributed by atoms with Gasteiger partial charge in [0.25, 0.3) is 0 Å². The maximum absolute atomic E-state index is 12.4. The molecule has 0 bridgehead atoms. The summed E-state index contributed by atoms with van der Waals surface area (Å²) in [6.45, 7) is 0. The molecule has 0 aliphatic heterocycles. The Balaban J connectivity index is 1.70. The Kier molecular flexibility index (Phi) is 5.07. The topological polar surface area (TPSA) is 69.6 Å². The maximum Gasteiger partial charge on any atom is 0.224 e. The van der Waals surface area contributed by atoms with E-state index in [-0.39, 0.29) is 41.2 Å². The minimum Gasteiger partial charge on any atom is -0.506 e. The van der Waals surface area contributed by atoms with E-state index in [1.54, 1.807) is 12.1 Å². The fraction of sp³-hybridized carbons (Fsp3) is 0.316. The first-order chi connectivity index (χ1) is 11.5. The number of amides is 1. The lowest BCUT2D eigenvalue weighted by molar-refractivity contribution is -0.122. The van der Waals surface area contributed by atoms with Crippen molar-refractivity contribution in [2.24, 2.45) is 5.92 Å². The molecule has 0 saturated heterocycles. The molecule has 1 saturated carbocycles. The molecule has 2 aromatic carbocycles. The van der Waals surface area contributed by atoms with Gasteiger partial charge in [-0.05, 0) is 42.0 Å². The normalized spacial score (nSPS) is 20.9. The van der Waals surface area contributed by atoms with Crippen LogP contribution in [-0.4, -0.2) is 22.2 Å². The van der Waals surface area contributed by atoms with E-state index in [9.17, 15) is 15.0 Å². The van der Waals surface area contributed by atoms with Crippen molar-refractivity contribution < 1.29 is 15.0 Å². The molecule has 126 valence electrons. The van der Waals surface area contributed by atoms with Gasteiger partial charge in [-0.1, -0.05) is 48.0 Å². The van der Waals surface area contributed by atoms with Crippen LogP contribution in [0.4, 0.5) is 0 Å². The van der Waals surface area contributed by atoms with E-state index >= 15 is 0 Å². The maximum atomic E-state index is 12.4. The molecule has 1 amide bonds. The molecule has 5 heteroatoms. The van der Waals surface area contributed by atoms with Gasteiger partial charge in [-0.2, -0.15) is 0 Å². The SMILES string of the molecule is O=C(Cc1ccc(O)c(Cl)c1)NC(c1ccccc1)C1CC(O)C1. The molecule has 4 nitrogen and oxygen atoms in total. The zero-order valence-electron chi connectivity index (χ0n) is 13.2. The summed E-state index contributed by atoms with van der Waals surface area (Å²) in [6, 6.07) is 14.5. The summed E-state index contributed by atoms with van der Waals surface area (Å²) in [5.41, 5.74) is 1.79. The molecular weight excluding hydrogens is 326 g/mol. The predicted octanol–water partition coefficient (Wildman–Crippen LogP) is 3.22. The van der Waals surface area contributed by atoms with E-state index in [4.69, 9.17) is 11.6 Å². The molecule has 0 spiro atoms. The lowest BCUT2D eigenvalue weighted by Crippen LogP contribution is -2.41. The van der Waals surface area contributed by atoms with E-state index in [0.717, 1.165) is 11.1 Å². The second-order valence-corrected chi connectivity index (χ2v) is 6.71. The Bertz CT molecular complexity index is 714. The Morgan fingerprint density at radius 1 is 1.21 bits per heavy atom. The molecule has 24 heavy (non-hydrogen) atoms. The second-order valence-electron chi connectivity index (χ2n) is 6.30. The van der Waals surface area contributed by atoms with Crippen LogP contribution >= 0.6 is 11.6 Å². The van der Waals surface area contributed by atoms with Gasteiger partial charge in [0.15, 0.2) is 0 Å². The zero-order chi connectivity index (χ0) is 17.1. The van der Waals surface area contributed by atoms with Gasteiger partial charge in [-0.3, -0.25) is 4.79 Å². The minimum atomic E-state index is -0.269. The van der Waals surface area contributed by atoms with Crippen LogP contribution in [0.1, 0.15) is 30.0 Å². The third-order valence-electron chi connectivity index (χ3n) is 4.47. The molecule has 3 N–H and O–H groups in total. The van der Waals surface area contributed by atoms with Crippen molar-refractivity contribution in [2.45, 2.75) is 31.4 Å². The monoisotopic (exact) mass is 345 g/mol. The first kappa shape index (κ1) is 16.8. The van der Waals surface area contributed by atoms with Crippen LogP contribution in [0.25, 0.3) is 0 Å². The Morgan fingerprint density at radius 2 is 1.92 bits per heavy atom. The quantitative estimate of drug-likeness (QED) is 0.779. The molecule has 2 aromatic rings. The van der Waals surface area contributed by atoms with Crippen molar-refractivity contribution >= 4 is 17.5 Å². The van der Waals surface area contributed by atoms with E-state index in [2.05, 4.69) is 5.32 Å². The second kappa shape index (κ2) is 7.24. The fourth-order valence-electron chi connectivity index (χ4n) is 3.11. The van der Waals surface area contributed by atoms with E-state index in [1.807, 2.05) is 30.3 Å². The summed E-state index contributed by atoms with van der Waals surface area (Å²) in [5.74, 6) is 0.146. The zero-order valence-corrected chi connectivity index (χ0v) is 13.9. The number of rotatable bonds is 5. The highest BCUT2D eigenvalue weighted by molar-refractivity contribution is 6.32. The lowest BCUT2D eigenvalue weighted by Gasteiger charge is -2.38. The van der Waals surface area contributed by atoms with Crippen LogP contribution in [0.3, 0.4) is 0 Å². The van der Waals surface area contributed by atoms with Gasteiger partial charge < -0.3 is 15.5 Å². The fourth-order valence-corrected chi connectivity index (χ4v) is 3.31. The summed E-state index contributed by atoms with van der Waals surface area (Å²) < 4.78 is 0. The molecule has 0 radical (unpaired) electrons. The van der Waals surface area contributed by atoms with E-state index in [1.165, 1.54) is 6.07 Å². The number of carbonyl (C=O) groups excluding carboxylic acids is 1. The third-order valence-corrected chi connectivity index (χ3v) is 4.78. The van der Waals surface area contributed by atoms with Crippen LogP contribution in [0.2, 0.25) is 5.02 Å². The largest absolute Gasteiger partial charge is 0.506 e. The Morgan fingerprint density at radius 3 is 2.54 bits per heavy atom. The van der Waals surface area contributed by atoms with Gasteiger partial charge in [-0.15, -0.1) is 0 Å². The molecule has 1 fully saturated rings. The van der Waals surface area contributed by atoms with Crippen molar-refractivity contribution in [3.63, 3.8) is 0 Å². The summed E-state index contributed by atoms with van der Waals surface area (Å²) >= 11 is 5.89. The van der Waals surface area contributed by atoms with Crippen molar-refractivity contribution in [1.82, 2.24) is 5.32 Å². The van der Waals surface area contributed by atoms with Crippen molar-refractivity contribution in [2.75, 3.05) is 0 Å². The van der Waals surface area contributed by atoms with Crippen LogP contribution in [0, 0.1) is 5.92 Å². The van der Waals surface area contributed by atoms with Crippen molar-refractivity contribution in [3.05, 3.63) is 64.7 Å². The predicted molar refractivity (Wildman–Crippen MR) is 92.9 cm³/mol. The van der Waals surface area contributed by atoms with E-state index < -0.39 is 0 Å². The number of hydrogen-bond donors (Lipinski definition) is 3. The molecular formula is C19H20ClNO3. The average Bonchev–Trinajstić information content (AvgIpc) is 2.54. The van der Waals surface area contributed by atoms with Gasteiger partial charge in [0.2, 0.25) is 5.91 Å². The first-order valence-corrected chi connectivity index (χ1v) is 8.40. The number of phenols is 1. The molecule has 0 aromatic heterocycles. The molecule has 1 atom stereocenters. The van der Waals surface area contributed by atoms with Crippen molar-refractivity contribution in [1.29, 1.82) is 0 Å². The lowest BCUT2D eigenvalue weighted by atomic mass is 9.75. The van der Waals surface area contributed by atoms with Crippen LogP contribution < -0.4 is 5.32 Å². The van der Waals surface area contributed by atoms with Crippen LogP contribution in [-0.2, 0) is 11.2 Å². The smallest absolute Gasteiger partial charge is 0.224 e. The third kappa shape index (κ3) is 3.89. The molecule has 1 aliphatic carbocycles. The molecule has 1 aliphatic rings. The number of aliphatic hydroxyl groups is 1. The number of aromatic hydroxyl groups is 1. The van der Waals surface area contributed by atoms with Gasteiger partial charge in [0, 0.05) is 0 Å². The highest BCUT2D eigenvalue weighted by Gasteiger charge is 2.35. The number of carbonyl (C=O) groups is 1. The summed E-state index contributed by atoms with van der Waals surface area (Å²) in [5, 5.41) is 22.4.